The molecule has 0 aromatic carbocycles. The van der Waals surface area contributed by atoms with E-state index >= 15 is 0 Å². The van der Waals surface area contributed by atoms with Crippen LogP contribution >= 0.6 is 11.6 Å². The molecule has 0 saturated heterocycles. The molecule has 1 rings (SSSR count). The first-order valence-corrected chi connectivity index (χ1v) is 4.56. The number of pyridine rings is 1. The summed E-state index contributed by atoms with van der Waals surface area (Å²) in [6.45, 7) is 0. The third-order valence-corrected chi connectivity index (χ3v) is 2.28. The van der Waals surface area contributed by atoms with Crippen molar-refractivity contribution in [2.24, 2.45) is 0 Å². The highest BCUT2D eigenvalue weighted by molar-refractivity contribution is 6.32. The molecule has 0 aliphatic rings. The predicted octanol–water partition coefficient (Wildman–Crippen LogP) is 3.76. The Bertz CT molecular complexity index is 464. The van der Waals surface area contributed by atoms with Gasteiger partial charge in [0.2, 0.25) is 0 Å². The van der Waals surface area contributed by atoms with Crippen LogP contribution in [-0.4, -0.2) is 4.98 Å². The Balaban J connectivity index is 3.45. The van der Waals surface area contributed by atoms with Crippen molar-refractivity contribution in [3.05, 3.63) is 28.0 Å². The Morgan fingerprint density at radius 1 is 1.41 bits per heavy atom. The van der Waals surface area contributed by atoms with Gasteiger partial charge in [-0.25, -0.2) is 13.8 Å². The number of hydrogen-bond acceptors (Lipinski definition) is 2. The van der Waals surface area contributed by atoms with Gasteiger partial charge < -0.3 is 0 Å². The third kappa shape index (κ3) is 2.82. The van der Waals surface area contributed by atoms with Crippen LogP contribution in [0.25, 0.3) is 0 Å². The second-order valence-electron chi connectivity index (χ2n) is 2.99. The SMILES string of the molecule is N#CCc1cnc(C(F)(F)F)c(Cl)c1C(F)F. The highest BCUT2D eigenvalue weighted by atomic mass is 35.5. The fourth-order valence-electron chi connectivity index (χ4n) is 1.20. The Kier molecular flexibility index (Phi) is 3.88. The van der Waals surface area contributed by atoms with E-state index < -0.39 is 35.3 Å². The average molecular weight is 271 g/mol. The van der Waals surface area contributed by atoms with E-state index in [4.69, 9.17) is 16.9 Å². The minimum absolute atomic E-state index is 0.305. The van der Waals surface area contributed by atoms with Crippen LogP contribution in [0, 0.1) is 11.3 Å². The van der Waals surface area contributed by atoms with Crippen molar-refractivity contribution in [2.75, 3.05) is 0 Å². The molecule has 0 aliphatic heterocycles. The number of alkyl halides is 5. The van der Waals surface area contributed by atoms with Crippen LogP contribution in [0.5, 0.6) is 0 Å². The molecule has 0 bridgehead atoms. The quantitative estimate of drug-likeness (QED) is 0.767. The molecule has 0 fully saturated rings. The number of halogens is 6. The summed E-state index contributed by atoms with van der Waals surface area (Å²) in [5.74, 6) is 0. The summed E-state index contributed by atoms with van der Waals surface area (Å²) in [5, 5.41) is 7.21. The predicted molar refractivity (Wildman–Crippen MR) is 48.5 cm³/mol. The van der Waals surface area contributed by atoms with Gasteiger partial charge in [0, 0.05) is 11.8 Å². The second kappa shape index (κ2) is 4.84. The van der Waals surface area contributed by atoms with Crippen molar-refractivity contribution >= 4 is 11.6 Å². The molecule has 0 aliphatic carbocycles. The fourth-order valence-corrected chi connectivity index (χ4v) is 1.56. The van der Waals surface area contributed by atoms with Crippen molar-refractivity contribution in [2.45, 2.75) is 19.0 Å². The van der Waals surface area contributed by atoms with Crippen molar-refractivity contribution in [1.82, 2.24) is 4.98 Å². The summed E-state index contributed by atoms with van der Waals surface area (Å²) in [6, 6.07) is 1.55. The van der Waals surface area contributed by atoms with E-state index in [-0.39, 0.29) is 5.56 Å². The Hall–Kier alpha value is -1.42. The topological polar surface area (TPSA) is 36.7 Å². The van der Waals surface area contributed by atoms with Crippen LogP contribution in [0.1, 0.15) is 23.2 Å². The molecule has 0 N–H and O–H groups in total. The molecule has 8 heteroatoms. The maximum atomic E-state index is 12.6. The van der Waals surface area contributed by atoms with Gasteiger partial charge in [-0.3, -0.25) is 0 Å². The van der Waals surface area contributed by atoms with Gasteiger partial charge in [-0.2, -0.15) is 18.4 Å². The zero-order chi connectivity index (χ0) is 13.2. The molecule has 0 amide bonds. The smallest absolute Gasteiger partial charge is 0.250 e. The van der Waals surface area contributed by atoms with Crippen LogP contribution in [0.2, 0.25) is 5.02 Å². The summed E-state index contributed by atoms with van der Waals surface area (Å²) in [7, 11) is 0. The first kappa shape index (κ1) is 13.6. The largest absolute Gasteiger partial charge is 0.434 e. The van der Waals surface area contributed by atoms with Gasteiger partial charge in [0.1, 0.15) is 0 Å². The van der Waals surface area contributed by atoms with Gasteiger partial charge in [-0.1, -0.05) is 11.6 Å². The van der Waals surface area contributed by atoms with E-state index in [1.165, 1.54) is 0 Å². The normalized spacial score (nSPS) is 11.6. The zero-order valence-electron chi connectivity index (χ0n) is 8.02. The third-order valence-electron chi connectivity index (χ3n) is 1.90. The van der Waals surface area contributed by atoms with Gasteiger partial charge in [0.05, 0.1) is 17.5 Å². The van der Waals surface area contributed by atoms with Crippen molar-refractivity contribution in [1.29, 1.82) is 5.26 Å². The van der Waals surface area contributed by atoms with E-state index in [1.54, 1.807) is 6.07 Å². The maximum absolute atomic E-state index is 12.6. The summed E-state index contributed by atoms with van der Waals surface area (Å²) in [5.41, 5.74) is -2.87. The molecule has 0 unspecified atom stereocenters. The molecular formula is C9H4ClF5N2. The Labute approximate surface area is 97.6 Å². The standard InChI is InChI=1S/C9H4ClF5N2/c10-6-5(8(11)12)4(1-2-16)3-17-7(6)9(13,14)15/h3,8H,1H2. The molecule has 0 spiro atoms. The molecule has 92 valence electrons. The highest BCUT2D eigenvalue weighted by Crippen LogP contribution is 2.39. The first-order valence-electron chi connectivity index (χ1n) is 4.18. The molecule has 1 aromatic heterocycles. The molecule has 17 heavy (non-hydrogen) atoms. The van der Waals surface area contributed by atoms with Crippen LogP contribution < -0.4 is 0 Å². The van der Waals surface area contributed by atoms with Crippen LogP contribution in [-0.2, 0) is 12.6 Å². The van der Waals surface area contributed by atoms with Crippen molar-refractivity contribution in [3.63, 3.8) is 0 Å². The van der Waals surface area contributed by atoms with E-state index in [2.05, 4.69) is 4.98 Å². The molecule has 0 radical (unpaired) electrons. The van der Waals surface area contributed by atoms with Crippen LogP contribution in [0.15, 0.2) is 6.20 Å². The first-order chi connectivity index (χ1) is 7.79. The lowest BCUT2D eigenvalue weighted by molar-refractivity contribution is -0.141. The lowest BCUT2D eigenvalue weighted by Gasteiger charge is -2.13. The van der Waals surface area contributed by atoms with E-state index in [1.807, 2.05) is 0 Å². The second-order valence-corrected chi connectivity index (χ2v) is 3.37. The lowest BCUT2D eigenvalue weighted by atomic mass is 10.1. The summed E-state index contributed by atoms with van der Waals surface area (Å²) in [4.78, 5) is 2.97. The van der Waals surface area contributed by atoms with Gasteiger partial charge in [0.15, 0.2) is 5.69 Å². The van der Waals surface area contributed by atoms with Gasteiger partial charge >= 0.3 is 6.18 Å². The van der Waals surface area contributed by atoms with E-state index in [0.29, 0.717) is 6.20 Å². The number of rotatable bonds is 2. The molecule has 1 aromatic rings. The monoisotopic (exact) mass is 270 g/mol. The van der Waals surface area contributed by atoms with Gasteiger partial charge in [-0.15, -0.1) is 0 Å². The molecule has 0 atom stereocenters. The summed E-state index contributed by atoms with van der Waals surface area (Å²) < 4.78 is 62.2. The van der Waals surface area contributed by atoms with Gasteiger partial charge in [0.25, 0.3) is 6.43 Å². The summed E-state index contributed by atoms with van der Waals surface area (Å²) in [6.07, 6.45) is -7.99. The minimum Gasteiger partial charge on any atom is -0.250 e. The molecule has 2 nitrogen and oxygen atoms in total. The van der Waals surface area contributed by atoms with Crippen LogP contribution in [0.4, 0.5) is 22.0 Å². The van der Waals surface area contributed by atoms with Crippen molar-refractivity contribution in [3.8, 4) is 6.07 Å². The Morgan fingerprint density at radius 3 is 2.41 bits per heavy atom. The number of hydrogen-bond donors (Lipinski definition) is 0. The number of nitriles is 1. The molecular weight excluding hydrogens is 267 g/mol. The van der Waals surface area contributed by atoms with Gasteiger partial charge in [-0.05, 0) is 5.56 Å². The molecule has 1 heterocycles. The van der Waals surface area contributed by atoms with E-state index in [9.17, 15) is 22.0 Å². The average Bonchev–Trinajstić information content (AvgIpc) is 2.15. The highest BCUT2D eigenvalue weighted by Gasteiger charge is 2.37. The Morgan fingerprint density at radius 2 is 2.00 bits per heavy atom. The number of nitrogens with zero attached hydrogens (tertiary/aromatic N) is 2. The van der Waals surface area contributed by atoms with E-state index in [0.717, 1.165) is 0 Å². The van der Waals surface area contributed by atoms with Crippen molar-refractivity contribution < 1.29 is 22.0 Å². The maximum Gasteiger partial charge on any atom is 0.434 e. The summed E-state index contributed by atoms with van der Waals surface area (Å²) >= 11 is 5.26. The number of aromatic nitrogens is 1. The van der Waals surface area contributed by atoms with Crippen LogP contribution in [0.3, 0.4) is 0 Å². The minimum atomic E-state index is -4.91. The lowest BCUT2D eigenvalue weighted by Crippen LogP contribution is -2.12. The fraction of sp³-hybridized carbons (Fsp3) is 0.333. The zero-order valence-corrected chi connectivity index (χ0v) is 8.78. The molecule has 0 saturated carbocycles.